The third-order valence-electron chi connectivity index (χ3n) is 2.68. The molecule has 1 heterocycles. The van der Waals surface area contributed by atoms with Crippen LogP contribution in [0, 0.1) is 5.82 Å². The molecule has 0 saturated heterocycles. The van der Waals surface area contributed by atoms with Crippen molar-refractivity contribution in [2.45, 2.75) is 0 Å². The van der Waals surface area contributed by atoms with Crippen LogP contribution in [-0.4, -0.2) is 17.1 Å². The van der Waals surface area contributed by atoms with Gasteiger partial charge in [-0.25, -0.2) is 4.39 Å². The van der Waals surface area contributed by atoms with E-state index in [9.17, 15) is 9.50 Å². The van der Waals surface area contributed by atoms with E-state index in [1.165, 1.54) is 18.2 Å². The summed E-state index contributed by atoms with van der Waals surface area (Å²) in [5.74, 6) is -0.593. The highest BCUT2D eigenvalue weighted by Gasteiger charge is 2.21. The molecule has 0 amide bonds. The first-order chi connectivity index (χ1) is 8.02. The number of aromatic hydroxyl groups is 1. The predicted molar refractivity (Wildman–Crippen MR) is 66.9 cm³/mol. The Morgan fingerprint density at radius 3 is 2.71 bits per heavy atom. The second-order valence-electron chi connectivity index (χ2n) is 3.71. The Balaban J connectivity index is 2.58. The number of phenolic OH excluding ortho intramolecular Hbond substituents is 1. The minimum Gasteiger partial charge on any atom is -0.507 e. The van der Waals surface area contributed by atoms with E-state index in [1.807, 2.05) is 0 Å². The lowest BCUT2D eigenvalue weighted by molar-refractivity contribution is 0.462. The molecule has 0 unspecified atom stereocenters. The predicted octanol–water partition coefficient (Wildman–Crippen LogP) is 3.45. The number of phenols is 1. The second-order valence-corrected chi connectivity index (χ2v) is 4.11. The van der Waals surface area contributed by atoms with Crippen molar-refractivity contribution in [2.24, 2.45) is 0 Å². The molecule has 1 aromatic rings. The summed E-state index contributed by atoms with van der Waals surface area (Å²) in [4.78, 5) is 1.64. The van der Waals surface area contributed by atoms with Crippen LogP contribution in [0.5, 0.6) is 5.75 Å². The monoisotopic (exact) mass is 251 g/mol. The van der Waals surface area contributed by atoms with Crippen LogP contribution in [0.3, 0.4) is 0 Å². The molecule has 0 aromatic heterocycles. The first-order valence-corrected chi connectivity index (χ1v) is 5.38. The molecule has 1 aromatic carbocycles. The van der Waals surface area contributed by atoms with E-state index >= 15 is 0 Å². The largest absolute Gasteiger partial charge is 0.507 e. The summed E-state index contributed by atoms with van der Waals surface area (Å²) in [5, 5.41) is 10.2. The van der Waals surface area contributed by atoms with Gasteiger partial charge in [0.25, 0.3) is 0 Å². The standard InChI is InChI=1S/C13H11ClFNO/c1-8-9(14)6-7-11(16(8)2)13-10(15)4-3-5-12(13)17/h3-7,17H,1H2,2H3. The Hall–Kier alpha value is -1.74. The first-order valence-electron chi connectivity index (χ1n) is 5.00. The summed E-state index contributed by atoms with van der Waals surface area (Å²) in [7, 11) is 1.72. The fourth-order valence-electron chi connectivity index (χ4n) is 1.68. The molecule has 88 valence electrons. The fourth-order valence-corrected chi connectivity index (χ4v) is 1.87. The van der Waals surface area contributed by atoms with Gasteiger partial charge in [-0.15, -0.1) is 0 Å². The number of hydrogen-bond acceptors (Lipinski definition) is 2. The van der Waals surface area contributed by atoms with Crippen LogP contribution >= 0.6 is 11.6 Å². The number of halogens is 2. The Kier molecular flexibility index (Phi) is 2.94. The normalized spacial score (nSPS) is 15.7. The Labute approximate surface area is 104 Å². The molecule has 4 heteroatoms. The van der Waals surface area contributed by atoms with Gasteiger partial charge in [0.05, 0.1) is 22.0 Å². The number of allylic oxidation sites excluding steroid dienone is 3. The summed E-state index contributed by atoms with van der Waals surface area (Å²) in [6.07, 6.45) is 3.28. The quantitative estimate of drug-likeness (QED) is 0.826. The molecule has 0 fully saturated rings. The lowest BCUT2D eigenvalue weighted by Gasteiger charge is -2.28. The van der Waals surface area contributed by atoms with Gasteiger partial charge in [-0.3, -0.25) is 0 Å². The van der Waals surface area contributed by atoms with Crippen LogP contribution in [0.2, 0.25) is 0 Å². The van der Waals surface area contributed by atoms with Crippen molar-refractivity contribution in [1.29, 1.82) is 0 Å². The lowest BCUT2D eigenvalue weighted by Crippen LogP contribution is -2.19. The molecule has 1 aliphatic heterocycles. The van der Waals surface area contributed by atoms with Crippen molar-refractivity contribution in [2.75, 3.05) is 7.05 Å². The molecule has 2 nitrogen and oxygen atoms in total. The molecule has 1 N–H and O–H groups in total. The van der Waals surface area contributed by atoms with Gasteiger partial charge in [-0.2, -0.15) is 0 Å². The van der Waals surface area contributed by atoms with Gasteiger partial charge < -0.3 is 10.0 Å². The minimum absolute atomic E-state index is 0.109. The summed E-state index contributed by atoms with van der Waals surface area (Å²) < 4.78 is 13.7. The Morgan fingerprint density at radius 2 is 2.06 bits per heavy atom. The van der Waals surface area contributed by atoms with E-state index in [4.69, 9.17) is 11.6 Å². The summed E-state index contributed by atoms with van der Waals surface area (Å²) >= 11 is 5.91. The summed E-state index contributed by atoms with van der Waals surface area (Å²) in [6.45, 7) is 3.79. The van der Waals surface area contributed by atoms with E-state index in [1.54, 1.807) is 24.1 Å². The van der Waals surface area contributed by atoms with Crippen LogP contribution in [0.4, 0.5) is 4.39 Å². The lowest BCUT2D eigenvalue weighted by atomic mass is 10.1. The van der Waals surface area contributed by atoms with Crippen molar-refractivity contribution in [3.05, 3.63) is 59.0 Å². The zero-order valence-electron chi connectivity index (χ0n) is 9.24. The van der Waals surface area contributed by atoms with Gasteiger partial charge in [-0.05, 0) is 24.3 Å². The molecule has 0 spiro atoms. The van der Waals surface area contributed by atoms with E-state index in [2.05, 4.69) is 6.58 Å². The number of rotatable bonds is 1. The van der Waals surface area contributed by atoms with E-state index in [-0.39, 0.29) is 11.3 Å². The molecule has 0 saturated carbocycles. The van der Waals surface area contributed by atoms with Crippen LogP contribution < -0.4 is 0 Å². The average Bonchev–Trinajstić information content (AvgIpc) is 2.29. The minimum atomic E-state index is -0.484. The zero-order chi connectivity index (χ0) is 12.6. The third-order valence-corrected chi connectivity index (χ3v) is 3.02. The summed E-state index contributed by atoms with van der Waals surface area (Å²) in [6, 6.07) is 4.19. The smallest absolute Gasteiger partial charge is 0.136 e. The van der Waals surface area contributed by atoms with Crippen molar-refractivity contribution in [3.63, 3.8) is 0 Å². The summed E-state index contributed by atoms with van der Waals surface area (Å²) in [5.41, 5.74) is 1.23. The average molecular weight is 252 g/mol. The molecule has 2 rings (SSSR count). The van der Waals surface area contributed by atoms with Gasteiger partial charge >= 0.3 is 0 Å². The van der Waals surface area contributed by atoms with Gasteiger partial charge in [0.15, 0.2) is 0 Å². The highest BCUT2D eigenvalue weighted by Crippen LogP contribution is 2.35. The van der Waals surface area contributed by atoms with Crippen LogP contribution in [0.1, 0.15) is 5.56 Å². The first kappa shape index (κ1) is 11.7. The van der Waals surface area contributed by atoms with Crippen molar-refractivity contribution >= 4 is 17.3 Å². The van der Waals surface area contributed by atoms with Crippen molar-refractivity contribution in [1.82, 2.24) is 4.90 Å². The molecular formula is C13H11ClFNO. The molecule has 0 atom stereocenters. The highest BCUT2D eigenvalue weighted by molar-refractivity contribution is 6.32. The second kappa shape index (κ2) is 4.26. The zero-order valence-corrected chi connectivity index (χ0v) is 10.0. The van der Waals surface area contributed by atoms with Gasteiger partial charge in [0.2, 0.25) is 0 Å². The number of likely N-dealkylation sites (N-methyl/N-ethyl adjacent to an activating group) is 1. The van der Waals surface area contributed by atoms with Gasteiger partial charge in [0.1, 0.15) is 11.6 Å². The van der Waals surface area contributed by atoms with E-state index in [0.29, 0.717) is 16.4 Å². The molecule has 0 radical (unpaired) electrons. The SMILES string of the molecule is C=C1C(Cl)=CC=C(c2c(O)cccc2F)N1C. The molecule has 1 aliphatic rings. The molecule has 17 heavy (non-hydrogen) atoms. The van der Waals surface area contributed by atoms with Crippen LogP contribution in [0.15, 0.2) is 47.7 Å². The topological polar surface area (TPSA) is 23.5 Å². The number of benzene rings is 1. The van der Waals surface area contributed by atoms with E-state index < -0.39 is 5.82 Å². The molecule has 0 aliphatic carbocycles. The number of nitrogens with zero attached hydrogens (tertiary/aromatic N) is 1. The maximum atomic E-state index is 13.7. The van der Waals surface area contributed by atoms with Gasteiger partial charge in [-0.1, -0.05) is 24.2 Å². The maximum absolute atomic E-state index is 13.7. The van der Waals surface area contributed by atoms with Gasteiger partial charge in [0, 0.05) is 7.05 Å². The van der Waals surface area contributed by atoms with Crippen LogP contribution in [0.25, 0.3) is 5.70 Å². The Morgan fingerprint density at radius 1 is 1.35 bits per heavy atom. The molecule has 0 bridgehead atoms. The Bertz CT molecular complexity index is 528. The van der Waals surface area contributed by atoms with Crippen molar-refractivity contribution in [3.8, 4) is 5.75 Å². The van der Waals surface area contributed by atoms with Crippen LogP contribution in [-0.2, 0) is 0 Å². The molecular weight excluding hydrogens is 241 g/mol. The van der Waals surface area contributed by atoms with Crippen molar-refractivity contribution < 1.29 is 9.50 Å². The number of hydrogen-bond donors (Lipinski definition) is 1. The maximum Gasteiger partial charge on any atom is 0.136 e. The van der Waals surface area contributed by atoms with E-state index in [0.717, 1.165) is 0 Å². The fraction of sp³-hybridized carbons (Fsp3) is 0.0769. The third kappa shape index (κ3) is 1.94. The highest BCUT2D eigenvalue weighted by atomic mass is 35.5.